The molecule has 0 bridgehead atoms. The maximum absolute atomic E-state index is 5.90. The Labute approximate surface area is 122 Å². The second-order valence-corrected chi connectivity index (χ2v) is 4.34. The van der Waals surface area contributed by atoms with Crippen molar-refractivity contribution in [3.05, 3.63) is 29.5 Å². The van der Waals surface area contributed by atoms with Gasteiger partial charge in [0.15, 0.2) is 0 Å². The molecular formula is C13H16ClN5O. The fourth-order valence-corrected chi connectivity index (χ4v) is 1.75. The first kappa shape index (κ1) is 14.3. The van der Waals surface area contributed by atoms with E-state index in [9.17, 15) is 0 Å². The molecule has 0 aliphatic rings. The van der Waals surface area contributed by atoms with Gasteiger partial charge in [0, 0.05) is 6.54 Å². The van der Waals surface area contributed by atoms with Crippen LogP contribution in [0.25, 0.3) is 0 Å². The van der Waals surface area contributed by atoms with Crippen LogP contribution in [0.2, 0.25) is 5.28 Å². The van der Waals surface area contributed by atoms with Crippen molar-refractivity contribution in [2.24, 2.45) is 0 Å². The standard InChI is InChI=1S/C13H16ClN5O/c1-3-8-15-12-17-11(14)18-13(19-12)16-9-6-4-5-7-10(9)20-2/h4-7H,3,8H2,1-2H3,(H2,15,16,17,18,19). The number of hydrogen-bond donors (Lipinski definition) is 2. The maximum Gasteiger partial charge on any atom is 0.233 e. The van der Waals surface area contributed by atoms with Gasteiger partial charge in [0.2, 0.25) is 17.2 Å². The van der Waals surface area contributed by atoms with E-state index >= 15 is 0 Å². The molecule has 0 fully saturated rings. The van der Waals surface area contributed by atoms with E-state index in [1.165, 1.54) is 0 Å². The number of para-hydroxylation sites is 2. The molecule has 20 heavy (non-hydrogen) atoms. The van der Waals surface area contributed by atoms with Crippen molar-refractivity contribution in [3.63, 3.8) is 0 Å². The van der Waals surface area contributed by atoms with Crippen molar-refractivity contribution in [3.8, 4) is 5.75 Å². The molecule has 0 unspecified atom stereocenters. The molecule has 2 aromatic rings. The van der Waals surface area contributed by atoms with Crippen molar-refractivity contribution < 1.29 is 4.74 Å². The summed E-state index contributed by atoms with van der Waals surface area (Å²) in [5, 5.41) is 6.28. The number of halogens is 1. The average molecular weight is 294 g/mol. The highest BCUT2D eigenvalue weighted by Gasteiger charge is 2.07. The van der Waals surface area contributed by atoms with Gasteiger partial charge >= 0.3 is 0 Å². The number of ether oxygens (including phenoxy) is 1. The molecule has 2 N–H and O–H groups in total. The summed E-state index contributed by atoms with van der Waals surface area (Å²) in [6.07, 6.45) is 0.971. The molecule has 2 rings (SSSR count). The molecule has 1 aromatic carbocycles. The highest BCUT2D eigenvalue weighted by Crippen LogP contribution is 2.26. The summed E-state index contributed by atoms with van der Waals surface area (Å²) in [6, 6.07) is 7.50. The van der Waals surface area contributed by atoms with E-state index < -0.39 is 0 Å². The Bertz CT molecular complexity index is 578. The van der Waals surface area contributed by atoms with Gasteiger partial charge in [0.1, 0.15) is 5.75 Å². The van der Waals surface area contributed by atoms with E-state index in [4.69, 9.17) is 16.3 Å². The van der Waals surface area contributed by atoms with Crippen LogP contribution in [0.5, 0.6) is 5.75 Å². The zero-order valence-electron chi connectivity index (χ0n) is 11.4. The van der Waals surface area contributed by atoms with Crippen LogP contribution in [0, 0.1) is 0 Å². The lowest BCUT2D eigenvalue weighted by atomic mass is 10.3. The quantitative estimate of drug-likeness (QED) is 0.853. The van der Waals surface area contributed by atoms with E-state index in [0.29, 0.717) is 17.6 Å². The maximum atomic E-state index is 5.90. The number of benzene rings is 1. The largest absolute Gasteiger partial charge is 0.495 e. The lowest BCUT2D eigenvalue weighted by molar-refractivity contribution is 0.417. The van der Waals surface area contributed by atoms with Crippen molar-refractivity contribution in [1.29, 1.82) is 0 Å². The summed E-state index contributed by atoms with van der Waals surface area (Å²) in [5.74, 6) is 1.52. The Kier molecular flexibility index (Phi) is 4.95. The van der Waals surface area contributed by atoms with Gasteiger partial charge in [-0.2, -0.15) is 15.0 Å². The normalized spacial score (nSPS) is 10.2. The van der Waals surface area contributed by atoms with Crippen LogP contribution in [-0.2, 0) is 0 Å². The third-order valence-corrected chi connectivity index (χ3v) is 2.66. The Hall–Kier alpha value is -2.08. The van der Waals surface area contributed by atoms with Crippen molar-refractivity contribution >= 4 is 29.2 Å². The molecule has 0 atom stereocenters. The third kappa shape index (κ3) is 3.71. The summed E-state index contributed by atoms with van der Waals surface area (Å²) in [7, 11) is 1.61. The third-order valence-electron chi connectivity index (χ3n) is 2.49. The van der Waals surface area contributed by atoms with Crippen LogP contribution in [0.4, 0.5) is 17.6 Å². The Morgan fingerprint density at radius 3 is 2.65 bits per heavy atom. The Morgan fingerprint density at radius 2 is 1.90 bits per heavy atom. The lowest BCUT2D eigenvalue weighted by Crippen LogP contribution is -2.08. The van der Waals surface area contributed by atoms with Gasteiger partial charge < -0.3 is 15.4 Å². The lowest BCUT2D eigenvalue weighted by Gasteiger charge is -2.10. The van der Waals surface area contributed by atoms with E-state index in [2.05, 4.69) is 32.5 Å². The average Bonchev–Trinajstić information content (AvgIpc) is 2.45. The highest BCUT2D eigenvalue weighted by atomic mass is 35.5. The van der Waals surface area contributed by atoms with Gasteiger partial charge in [-0.1, -0.05) is 19.1 Å². The number of hydrogen-bond acceptors (Lipinski definition) is 6. The van der Waals surface area contributed by atoms with Crippen molar-refractivity contribution in [2.45, 2.75) is 13.3 Å². The Morgan fingerprint density at radius 1 is 1.15 bits per heavy atom. The SMILES string of the molecule is CCCNc1nc(Cl)nc(Nc2ccccc2OC)n1. The minimum Gasteiger partial charge on any atom is -0.495 e. The highest BCUT2D eigenvalue weighted by molar-refractivity contribution is 6.28. The topological polar surface area (TPSA) is 72.0 Å². The van der Waals surface area contributed by atoms with Gasteiger partial charge in [0.05, 0.1) is 12.8 Å². The number of nitrogens with zero attached hydrogens (tertiary/aromatic N) is 3. The summed E-state index contributed by atoms with van der Waals surface area (Å²) in [6.45, 7) is 2.83. The van der Waals surface area contributed by atoms with Gasteiger partial charge in [-0.05, 0) is 30.2 Å². The first-order chi connectivity index (χ1) is 9.72. The van der Waals surface area contributed by atoms with Crippen LogP contribution in [-0.4, -0.2) is 28.6 Å². The molecule has 7 heteroatoms. The molecule has 0 aliphatic carbocycles. The summed E-state index contributed by atoms with van der Waals surface area (Å²) in [4.78, 5) is 12.3. The molecule has 0 saturated heterocycles. The summed E-state index contributed by atoms with van der Waals surface area (Å²) in [5.41, 5.74) is 0.763. The molecule has 0 amide bonds. The minimum absolute atomic E-state index is 0.135. The number of methoxy groups -OCH3 is 1. The van der Waals surface area contributed by atoms with E-state index in [0.717, 1.165) is 18.7 Å². The fraction of sp³-hybridized carbons (Fsp3) is 0.308. The first-order valence-corrected chi connectivity index (χ1v) is 6.66. The first-order valence-electron chi connectivity index (χ1n) is 6.28. The van der Waals surface area contributed by atoms with Crippen LogP contribution < -0.4 is 15.4 Å². The minimum atomic E-state index is 0.135. The van der Waals surface area contributed by atoms with Gasteiger partial charge in [-0.3, -0.25) is 0 Å². The molecule has 106 valence electrons. The molecule has 1 heterocycles. The second-order valence-electron chi connectivity index (χ2n) is 4.00. The zero-order valence-corrected chi connectivity index (χ0v) is 12.1. The molecule has 0 aliphatic heterocycles. The number of anilines is 3. The van der Waals surface area contributed by atoms with Crippen molar-refractivity contribution in [2.75, 3.05) is 24.3 Å². The van der Waals surface area contributed by atoms with Crippen molar-refractivity contribution in [1.82, 2.24) is 15.0 Å². The van der Waals surface area contributed by atoms with Crippen LogP contribution in [0.1, 0.15) is 13.3 Å². The molecule has 0 radical (unpaired) electrons. The van der Waals surface area contributed by atoms with Crippen LogP contribution >= 0.6 is 11.6 Å². The van der Waals surface area contributed by atoms with Crippen LogP contribution in [0.3, 0.4) is 0 Å². The monoisotopic (exact) mass is 293 g/mol. The van der Waals surface area contributed by atoms with E-state index in [1.54, 1.807) is 7.11 Å². The number of rotatable bonds is 6. The van der Waals surface area contributed by atoms with E-state index in [-0.39, 0.29) is 5.28 Å². The summed E-state index contributed by atoms with van der Waals surface area (Å²) < 4.78 is 5.26. The molecule has 0 saturated carbocycles. The number of aromatic nitrogens is 3. The molecule has 6 nitrogen and oxygen atoms in total. The Balaban J connectivity index is 2.22. The molecular weight excluding hydrogens is 278 g/mol. The van der Waals surface area contributed by atoms with Crippen LogP contribution in [0.15, 0.2) is 24.3 Å². The summed E-state index contributed by atoms with van der Waals surface area (Å²) >= 11 is 5.90. The molecule has 0 spiro atoms. The second kappa shape index (κ2) is 6.91. The number of nitrogens with one attached hydrogen (secondary N) is 2. The zero-order chi connectivity index (χ0) is 14.4. The smallest absolute Gasteiger partial charge is 0.233 e. The van der Waals surface area contributed by atoms with Gasteiger partial charge in [0.25, 0.3) is 0 Å². The predicted octanol–water partition coefficient (Wildman–Crippen LogP) is 3.10. The fourth-order valence-electron chi connectivity index (χ4n) is 1.59. The predicted molar refractivity (Wildman–Crippen MR) is 79.9 cm³/mol. The van der Waals surface area contributed by atoms with E-state index in [1.807, 2.05) is 24.3 Å². The molecule has 1 aromatic heterocycles. The van der Waals surface area contributed by atoms with Gasteiger partial charge in [-0.25, -0.2) is 0 Å². The van der Waals surface area contributed by atoms with Gasteiger partial charge in [-0.15, -0.1) is 0 Å².